The molecule has 0 radical (unpaired) electrons. The van der Waals surface area contributed by atoms with Gasteiger partial charge in [-0.25, -0.2) is 9.78 Å². The molecular formula is C26H25Cl2N9O3. The van der Waals surface area contributed by atoms with Crippen molar-refractivity contribution in [2.24, 2.45) is 0 Å². The lowest BCUT2D eigenvalue weighted by Crippen LogP contribution is -2.28. The molecule has 0 spiro atoms. The summed E-state index contributed by atoms with van der Waals surface area (Å²) in [6, 6.07) is 9.91. The number of aromatic amines is 1. The van der Waals surface area contributed by atoms with Crippen molar-refractivity contribution in [3.8, 4) is 16.9 Å². The van der Waals surface area contributed by atoms with Crippen LogP contribution in [0.15, 0.2) is 48.8 Å². The number of imidazole rings is 1. The fraction of sp³-hybridized carbons (Fsp3) is 0.231. The molecule has 1 atom stereocenters. The van der Waals surface area contributed by atoms with Crippen molar-refractivity contribution in [1.82, 2.24) is 35.5 Å². The van der Waals surface area contributed by atoms with Crippen LogP contribution in [0.25, 0.3) is 23.0 Å². The smallest absolute Gasteiger partial charge is 0.409 e. The van der Waals surface area contributed by atoms with Crippen LogP contribution in [0, 0.1) is 0 Å². The average Bonchev–Trinajstić information content (AvgIpc) is 3.58. The Morgan fingerprint density at radius 2 is 2.00 bits per heavy atom. The van der Waals surface area contributed by atoms with Crippen molar-refractivity contribution in [3.05, 3.63) is 70.4 Å². The van der Waals surface area contributed by atoms with Crippen LogP contribution in [0.5, 0.6) is 0 Å². The molecule has 2 amide bonds. The molecule has 3 heterocycles. The van der Waals surface area contributed by atoms with E-state index in [4.69, 9.17) is 33.3 Å². The summed E-state index contributed by atoms with van der Waals surface area (Å²) in [5.74, 6) is 0.207. The zero-order chi connectivity index (χ0) is 28.1. The third-order valence-electron chi connectivity index (χ3n) is 6.34. The summed E-state index contributed by atoms with van der Waals surface area (Å²) >= 11 is 12.8. The summed E-state index contributed by atoms with van der Waals surface area (Å²) in [5, 5.41) is 29.9. The lowest BCUT2D eigenvalue weighted by molar-refractivity contribution is -0.117. The molecule has 1 aliphatic rings. The maximum Gasteiger partial charge on any atom is 0.409 e. The summed E-state index contributed by atoms with van der Waals surface area (Å²) in [6.45, 7) is 0.682. The summed E-state index contributed by atoms with van der Waals surface area (Å²) in [4.78, 5) is 32.0. The number of hydrogen-bond acceptors (Lipinski definition) is 7. The highest BCUT2D eigenvalue weighted by molar-refractivity contribution is 6.32. The van der Waals surface area contributed by atoms with Gasteiger partial charge in [0.1, 0.15) is 23.0 Å². The molecular weight excluding hydrogens is 557 g/mol. The molecule has 40 heavy (non-hydrogen) atoms. The first-order valence-electron chi connectivity index (χ1n) is 12.5. The zero-order valence-electron chi connectivity index (χ0n) is 21.1. The maximum absolute atomic E-state index is 13.1. The monoisotopic (exact) mass is 581 g/mol. The number of tetrazole rings is 1. The van der Waals surface area contributed by atoms with Gasteiger partial charge in [0, 0.05) is 40.1 Å². The van der Waals surface area contributed by atoms with Gasteiger partial charge in [0.15, 0.2) is 0 Å². The van der Waals surface area contributed by atoms with Gasteiger partial charge in [0.05, 0.1) is 11.7 Å². The molecule has 2 aromatic carbocycles. The number of halogens is 2. The van der Waals surface area contributed by atoms with E-state index in [1.165, 1.54) is 17.1 Å². The van der Waals surface area contributed by atoms with Gasteiger partial charge in [0.25, 0.3) is 0 Å². The number of carbonyl (C=O) groups excluding carboxylic acids is 1. The van der Waals surface area contributed by atoms with Crippen LogP contribution < -0.4 is 16.0 Å². The fourth-order valence-electron chi connectivity index (χ4n) is 4.49. The summed E-state index contributed by atoms with van der Waals surface area (Å²) in [6.07, 6.45) is 6.69. The molecule has 12 nitrogen and oxygen atoms in total. The van der Waals surface area contributed by atoms with Crippen LogP contribution in [0.1, 0.15) is 43.1 Å². The topological polar surface area (TPSA) is 163 Å². The number of carbonyl (C=O) groups is 2. The highest BCUT2D eigenvalue weighted by Gasteiger charge is 2.22. The first-order chi connectivity index (χ1) is 19.4. The second-order valence-electron chi connectivity index (χ2n) is 9.10. The number of fused-ring (bicyclic) bond motifs is 4. The molecule has 0 saturated carbocycles. The predicted octanol–water partition coefficient (Wildman–Crippen LogP) is 5.31. The molecule has 14 heteroatoms. The van der Waals surface area contributed by atoms with Crippen molar-refractivity contribution < 1.29 is 14.7 Å². The fourth-order valence-corrected chi connectivity index (χ4v) is 4.91. The number of H-pyrrole nitrogens is 1. The third kappa shape index (κ3) is 6.41. The van der Waals surface area contributed by atoms with Gasteiger partial charge in [-0.2, -0.15) is 4.68 Å². The highest BCUT2D eigenvalue weighted by atomic mass is 35.5. The number of nitrogens with zero attached hydrogens (tertiary/aromatic N) is 5. The van der Waals surface area contributed by atoms with Crippen LogP contribution in [-0.4, -0.2) is 53.8 Å². The second-order valence-corrected chi connectivity index (χ2v) is 9.92. The van der Waals surface area contributed by atoms with E-state index in [2.05, 4.69) is 36.5 Å². The van der Waals surface area contributed by atoms with Gasteiger partial charge in [-0.3, -0.25) is 10.1 Å². The molecule has 0 unspecified atom stereocenters. The molecule has 1 aliphatic heterocycles. The van der Waals surface area contributed by atoms with E-state index in [1.54, 1.807) is 42.5 Å². The van der Waals surface area contributed by atoms with E-state index in [1.807, 2.05) is 0 Å². The van der Waals surface area contributed by atoms with Crippen LogP contribution in [0.3, 0.4) is 0 Å². The van der Waals surface area contributed by atoms with E-state index >= 15 is 0 Å². The van der Waals surface area contributed by atoms with Crippen molar-refractivity contribution in [3.63, 3.8) is 0 Å². The lowest BCUT2D eigenvalue weighted by Gasteiger charge is -2.17. The predicted molar refractivity (Wildman–Crippen MR) is 152 cm³/mol. The largest absolute Gasteiger partial charge is 0.465 e. The molecule has 0 aliphatic carbocycles. The van der Waals surface area contributed by atoms with Gasteiger partial charge in [-0.05, 0) is 65.7 Å². The van der Waals surface area contributed by atoms with Crippen LogP contribution in [0.4, 0.5) is 16.2 Å². The Balaban J connectivity index is 1.40. The Labute approximate surface area is 238 Å². The minimum absolute atomic E-state index is 0.316. The summed E-state index contributed by atoms with van der Waals surface area (Å²) in [7, 11) is 0. The van der Waals surface area contributed by atoms with Crippen molar-refractivity contribution >= 4 is 52.7 Å². The molecule has 4 aromatic rings. The van der Waals surface area contributed by atoms with Gasteiger partial charge >= 0.3 is 6.09 Å². The van der Waals surface area contributed by atoms with Crippen LogP contribution in [-0.2, 0) is 4.79 Å². The van der Waals surface area contributed by atoms with Crippen molar-refractivity contribution in [1.29, 1.82) is 0 Å². The first-order valence-corrected chi connectivity index (χ1v) is 13.3. The lowest BCUT2D eigenvalue weighted by atomic mass is 10.1. The van der Waals surface area contributed by atoms with Gasteiger partial charge in [-0.1, -0.05) is 36.0 Å². The van der Waals surface area contributed by atoms with Crippen molar-refractivity contribution in [2.75, 3.05) is 17.2 Å². The summed E-state index contributed by atoms with van der Waals surface area (Å²) < 4.78 is 1.49. The Bertz CT molecular complexity index is 1550. The number of nitrogens with one attached hydrogen (secondary N) is 4. The third-order valence-corrected chi connectivity index (χ3v) is 6.84. The Hall–Kier alpha value is -4.42. The molecule has 0 saturated heterocycles. The van der Waals surface area contributed by atoms with Gasteiger partial charge in [0.2, 0.25) is 5.91 Å². The van der Waals surface area contributed by atoms with E-state index in [0.717, 1.165) is 19.3 Å². The van der Waals surface area contributed by atoms with E-state index in [9.17, 15) is 9.59 Å². The van der Waals surface area contributed by atoms with Crippen LogP contribution >= 0.6 is 23.2 Å². The highest BCUT2D eigenvalue weighted by Crippen LogP contribution is 2.36. The zero-order valence-corrected chi connectivity index (χ0v) is 22.6. The molecule has 0 fully saturated rings. The minimum atomic E-state index is -1.15. The number of carboxylic acid groups (broad SMARTS) is 1. The second kappa shape index (κ2) is 12.2. The Kier molecular flexibility index (Phi) is 8.27. The summed E-state index contributed by atoms with van der Waals surface area (Å²) in [5.41, 5.74) is 3.68. The Morgan fingerprint density at radius 3 is 2.80 bits per heavy atom. The number of benzene rings is 2. The van der Waals surface area contributed by atoms with E-state index in [-0.39, 0.29) is 5.91 Å². The van der Waals surface area contributed by atoms with Crippen LogP contribution in [0.2, 0.25) is 10.2 Å². The van der Waals surface area contributed by atoms with E-state index < -0.39 is 12.1 Å². The normalized spacial score (nSPS) is 15.4. The van der Waals surface area contributed by atoms with Gasteiger partial charge < -0.3 is 20.7 Å². The molecule has 2 aromatic heterocycles. The SMILES string of the molecule is O=C(O)Nc1ccc2c(c1)NCCCCC[C@H](NC(=O)C=Cc1cc(Cl)ccc1-n1cnnn1)c1nc-2c(Cl)[nH]1. The maximum atomic E-state index is 13.1. The van der Waals surface area contributed by atoms with Crippen molar-refractivity contribution in [2.45, 2.75) is 31.7 Å². The number of amides is 2. The number of rotatable bonds is 5. The van der Waals surface area contributed by atoms with Gasteiger partial charge in [-0.15, -0.1) is 5.10 Å². The quantitative estimate of drug-likeness (QED) is 0.198. The number of aromatic nitrogens is 6. The Morgan fingerprint density at radius 1 is 1.12 bits per heavy atom. The average molecular weight is 582 g/mol. The number of anilines is 2. The molecule has 2 bridgehead atoms. The van der Waals surface area contributed by atoms with E-state index in [0.29, 0.717) is 62.8 Å². The molecule has 5 N–H and O–H groups in total. The standard InChI is InChI=1S/C26H25Cl2N9O3/c27-16-6-9-21(37-14-30-35-36-37)15(12-16)5-10-22(38)32-19-4-2-1-3-11-29-20-13-17(31-26(39)40)7-8-18(20)23-24(28)34-25(19)33-23/h5-10,12-14,19,29,31H,1-4,11H2,(H,32,38)(H,33,34)(H,39,40)/t19-/m0/s1. The molecule has 206 valence electrons. The number of hydrogen-bond donors (Lipinski definition) is 5. The minimum Gasteiger partial charge on any atom is -0.465 e. The molecule has 5 rings (SSSR count). The first kappa shape index (κ1) is 27.2.